The fourth-order valence-electron chi connectivity index (χ4n) is 2.44. The molecule has 1 saturated heterocycles. The van der Waals surface area contributed by atoms with E-state index < -0.39 is 0 Å². The van der Waals surface area contributed by atoms with E-state index in [1.807, 2.05) is 27.7 Å². The van der Waals surface area contributed by atoms with Crippen molar-refractivity contribution in [2.24, 2.45) is 11.3 Å². The first-order chi connectivity index (χ1) is 10.3. The molecule has 3 amide bonds. The highest BCUT2D eigenvalue weighted by atomic mass is 16.5. The summed E-state index contributed by atoms with van der Waals surface area (Å²) >= 11 is 0. The molecule has 22 heavy (non-hydrogen) atoms. The molecular weight excluding hydrogens is 284 g/mol. The minimum atomic E-state index is -0.283. The van der Waals surface area contributed by atoms with Crippen molar-refractivity contribution < 1.29 is 19.1 Å². The van der Waals surface area contributed by atoms with Gasteiger partial charge in [0.05, 0.1) is 5.92 Å². The van der Waals surface area contributed by atoms with E-state index in [1.54, 1.807) is 0 Å². The highest BCUT2D eigenvalue weighted by Crippen LogP contribution is 2.35. The summed E-state index contributed by atoms with van der Waals surface area (Å²) in [5.41, 5.74) is -0.233. The standard InChI is InChI=1S/C16H28N2O4/c1-5-22-10-6-8-17-13(19)7-9-18-14(20)11-12(15(18)21)16(2,3)4/h12H,5-11H2,1-4H3,(H,17,19). The fraction of sp³-hybridized carbons (Fsp3) is 0.812. The van der Waals surface area contributed by atoms with Crippen molar-refractivity contribution in [3.05, 3.63) is 0 Å². The number of imide groups is 1. The molecule has 1 rings (SSSR count). The highest BCUT2D eigenvalue weighted by Gasteiger charge is 2.44. The third-order valence-electron chi connectivity index (χ3n) is 3.84. The molecule has 0 aromatic carbocycles. The summed E-state index contributed by atoms with van der Waals surface area (Å²) in [6.07, 6.45) is 1.16. The van der Waals surface area contributed by atoms with Gasteiger partial charge in [0.2, 0.25) is 17.7 Å². The maximum absolute atomic E-state index is 12.3. The number of carbonyl (C=O) groups is 3. The van der Waals surface area contributed by atoms with Gasteiger partial charge in [-0.3, -0.25) is 19.3 Å². The maximum atomic E-state index is 12.3. The molecule has 0 spiro atoms. The number of hydrogen-bond donors (Lipinski definition) is 1. The van der Waals surface area contributed by atoms with Crippen LogP contribution in [0.2, 0.25) is 0 Å². The summed E-state index contributed by atoms with van der Waals surface area (Å²) in [7, 11) is 0. The average molecular weight is 312 g/mol. The molecule has 0 aromatic heterocycles. The smallest absolute Gasteiger partial charge is 0.233 e. The van der Waals surface area contributed by atoms with E-state index in [0.29, 0.717) is 19.8 Å². The van der Waals surface area contributed by atoms with Gasteiger partial charge in [-0.1, -0.05) is 20.8 Å². The number of rotatable bonds is 8. The minimum Gasteiger partial charge on any atom is -0.382 e. The molecule has 1 heterocycles. The number of likely N-dealkylation sites (tertiary alicyclic amines) is 1. The molecule has 1 atom stereocenters. The summed E-state index contributed by atoms with van der Waals surface area (Å²) in [5, 5.41) is 2.77. The summed E-state index contributed by atoms with van der Waals surface area (Å²) in [6, 6.07) is 0. The Morgan fingerprint density at radius 3 is 2.59 bits per heavy atom. The van der Waals surface area contributed by atoms with Gasteiger partial charge in [0.15, 0.2) is 0 Å². The molecule has 0 radical (unpaired) electrons. The van der Waals surface area contributed by atoms with Crippen LogP contribution in [0.15, 0.2) is 0 Å². The van der Waals surface area contributed by atoms with Crippen LogP contribution in [0.25, 0.3) is 0 Å². The van der Waals surface area contributed by atoms with Crippen LogP contribution < -0.4 is 5.32 Å². The topological polar surface area (TPSA) is 75.7 Å². The largest absolute Gasteiger partial charge is 0.382 e. The Labute approximate surface area is 132 Å². The molecule has 1 N–H and O–H groups in total. The van der Waals surface area contributed by atoms with Crippen LogP contribution >= 0.6 is 0 Å². The van der Waals surface area contributed by atoms with E-state index in [0.717, 1.165) is 6.42 Å². The minimum absolute atomic E-state index is 0.142. The molecule has 6 heteroatoms. The lowest BCUT2D eigenvalue weighted by atomic mass is 9.80. The zero-order chi connectivity index (χ0) is 16.8. The van der Waals surface area contributed by atoms with Crippen LogP contribution in [0.4, 0.5) is 0 Å². The third kappa shape index (κ3) is 5.40. The van der Waals surface area contributed by atoms with Gasteiger partial charge in [-0.2, -0.15) is 0 Å². The van der Waals surface area contributed by atoms with Crippen LogP contribution in [0.5, 0.6) is 0 Å². The Bertz CT molecular complexity index is 415. The zero-order valence-corrected chi connectivity index (χ0v) is 14.1. The van der Waals surface area contributed by atoms with Gasteiger partial charge in [0, 0.05) is 39.1 Å². The van der Waals surface area contributed by atoms with Crippen molar-refractivity contribution in [3.63, 3.8) is 0 Å². The lowest BCUT2D eigenvalue weighted by Crippen LogP contribution is -2.37. The second kappa shape index (κ2) is 8.27. The van der Waals surface area contributed by atoms with Crippen LogP contribution in [0.3, 0.4) is 0 Å². The fourth-order valence-corrected chi connectivity index (χ4v) is 2.44. The third-order valence-corrected chi connectivity index (χ3v) is 3.84. The summed E-state index contributed by atoms with van der Waals surface area (Å²) in [6.45, 7) is 9.79. The van der Waals surface area contributed by atoms with Crippen molar-refractivity contribution in [3.8, 4) is 0 Å². The molecule has 1 unspecified atom stereocenters. The van der Waals surface area contributed by atoms with Crippen molar-refractivity contribution in [2.45, 2.75) is 47.0 Å². The SMILES string of the molecule is CCOCCCNC(=O)CCN1C(=O)CC(C(C)(C)C)C1=O. The van der Waals surface area contributed by atoms with Gasteiger partial charge in [0.1, 0.15) is 0 Å². The molecule has 0 aromatic rings. The first kappa shape index (κ1) is 18.6. The van der Waals surface area contributed by atoms with Gasteiger partial charge >= 0.3 is 0 Å². The molecule has 1 aliphatic heterocycles. The van der Waals surface area contributed by atoms with Crippen molar-refractivity contribution in [1.82, 2.24) is 10.2 Å². The molecular formula is C16H28N2O4. The number of hydrogen-bond acceptors (Lipinski definition) is 4. The normalized spacial score (nSPS) is 18.9. The highest BCUT2D eigenvalue weighted by molar-refractivity contribution is 6.04. The molecule has 126 valence electrons. The number of nitrogens with one attached hydrogen (secondary N) is 1. The quantitative estimate of drug-likeness (QED) is 0.542. The van der Waals surface area contributed by atoms with Crippen molar-refractivity contribution in [2.75, 3.05) is 26.3 Å². The Hall–Kier alpha value is -1.43. The Morgan fingerprint density at radius 2 is 2.05 bits per heavy atom. The first-order valence-electron chi connectivity index (χ1n) is 7.96. The van der Waals surface area contributed by atoms with E-state index >= 15 is 0 Å². The average Bonchev–Trinajstić information content (AvgIpc) is 2.71. The lowest BCUT2D eigenvalue weighted by molar-refractivity contribution is -0.140. The maximum Gasteiger partial charge on any atom is 0.233 e. The molecule has 0 bridgehead atoms. The number of nitrogens with zero attached hydrogens (tertiary/aromatic N) is 1. The van der Waals surface area contributed by atoms with Crippen molar-refractivity contribution >= 4 is 17.7 Å². The molecule has 6 nitrogen and oxygen atoms in total. The molecule has 1 fully saturated rings. The molecule has 0 saturated carbocycles. The predicted molar refractivity (Wildman–Crippen MR) is 83.0 cm³/mol. The predicted octanol–water partition coefficient (Wildman–Crippen LogP) is 1.34. The zero-order valence-electron chi connectivity index (χ0n) is 14.1. The number of carbonyl (C=O) groups excluding carboxylic acids is 3. The Balaban J connectivity index is 2.34. The summed E-state index contributed by atoms with van der Waals surface area (Å²) in [5.74, 6) is -0.749. The van der Waals surface area contributed by atoms with Crippen LogP contribution in [-0.4, -0.2) is 48.9 Å². The van der Waals surface area contributed by atoms with Gasteiger partial charge in [0.25, 0.3) is 0 Å². The second-order valence-electron chi connectivity index (χ2n) is 6.66. The van der Waals surface area contributed by atoms with Crippen LogP contribution in [0.1, 0.15) is 47.0 Å². The monoisotopic (exact) mass is 312 g/mol. The van der Waals surface area contributed by atoms with Crippen molar-refractivity contribution in [1.29, 1.82) is 0 Å². The Morgan fingerprint density at radius 1 is 1.36 bits per heavy atom. The molecule has 1 aliphatic rings. The van der Waals surface area contributed by atoms with Crippen LogP contribution in [-0.2, 0) is 19.1 Å². The number of ether oxygens (including phenoxy) is 1. The van der Waals surface area contributed by atoms with Crippen LogP contribution in [0, 0.1) is 11.3 Å². The van der Waals surface area contributed by atoms with E-state index in [9.17, 15) is 14.4 Å². The summed E-state index contributed by atoms with van der Waals surface area (Å²) < 4.78 is 5.18. The second-order valence-corrected chi connectivity index (χ2v) is 6.66. The first-order valence-corrected chi connectivity index (χ1v) is 7.96. The van der Waals surface area contributed by atoms with Gasteiger partial charge in [-0.25, -0.2) is 0 Å². The van der Waals surface area contributed by atoms with E-state index in [1.165, 1.54) is 4.90 Å². The summed E-state index contributed by atoms with van der Waals surface area (Å²) in [4.78, 5) is 37.2. The Kier molecular flexibility index (Phi) is 7.00. The van der Waals surface area contributed by atoms with E-state index in [4.69, 9.17) is 4.74 Å². The van der Waals surface area contributed by atoms with Gasteiger partial charge < -0.3 is 10.1 Å². The van der Waals surface area contributed by atoms with Gasteiger partial charge in [-0.15, -0.1) is 0 Å². The van der Waals surface area contributed by atoms with Gasteiger partial charge in [-0.05, 0) is 18.8 Å². The van der Waals surface area contributed by atoms with E-state index in [2.05, 4.69) is 5.32 Å². The molecule has 0 aliphatic carbocycles. The van der Waals surface area contributed by atoms with E-state index in [-0.39, 0.29) is 48.4 Å². The lowest BCUT2D eigenvalue weighted by Gasteiger charge is -2.24. The number of amides is 3.